The summed E-state index contributed by atoms with van der Waals surface area (Å²) >= 11 is 0. The zero-order valence-electron chi connectivity index (χ0n) is 14.6. The second-order valence-corrected chi connectivity index (χ2v) is 5.41. The SMILES string of the molecule is CCOc1cc(C(=O)Nc2cccc(C)c2C)c([N+](=O)[O-])cc1OC. The number of ether oxygens (including phenoxy) is 2. The fourth-order valence-electron chi connectivity index (χ4n) is 2.39. The molecule has 1 amide bonds. The molecule has 0 radical (unpaired) electrons. The van der Waals surface area contributed by atoms with Gasteiger partial charge in [-0.3, -0.25) is 14.9 Å². The first-order chi connectivity index (χ1) is 11.9. The van der Waals surface area contributed by atoms with Crippen molar-refractivity contribution in [3.05, 3.63) is 57.1 Å². The number of benzene rings is 2. The molecule has 7 nitrogen and oxygen atoms in total. The molecule has 2 aromatic carbocycles. The van der Waals surface area contributed by atoms with Crippen molar-refractivity contribution >= 4 is 17.3 Å². The lowest BCUT2D eigenvalue weighted by Crippen LogP contribution is -2.15. The monoisotopic (exact) mass is 344 g/mol. The number of nitrogens with one attached hydrogen (secondary N) is 1. The molecule has 0 spiro atoms. The number of nitrogens with zero attached hydrogens (tertiary/aromatic N) is 1. The van der Waals surface area contributed by atoms with Crippen LogP contribution < -0.4 is 14.8 Å². The van der Waals surface area contributed by atoms with Gasteiger partial charge in [-0.15, -0.1) is 0 Å². The minimum absolute atomic E-state index is 0.0878. The molecular weight excluding hydrogens is 324 g/mol. The van der Waals surface area contributed by atoms with Crippen LogP contribution >= 0.6 is 0 Å². The Balaban J connectivity index is 2.48. The van der Waals surface area contributed by atoms with Gasteiger partial charge in [0.25, 0.3) is 11.6 Å². The van der Waals surface area contributed by atoms with Crippen molar-refractivity contribution in [3.8, 4) is 11.5 Å². The van der Waals surface area contributed by atoms with Crippen LogP contribution in [0.1, 0.15) is 28.4 Å². The van der Waals surface area contributed by atoms with Gasteiger partial charge >= 0.3 is 0 Å². The molecule has 0 aliphatic carbocycles. The molecule has 0 bridgehead atoms. The highest BCUT2D eigenvalue weighted by Crippen LogP contribution is 2.35. The number of rotatable bonds is 6. The van der Waals surface area contributed by atoms with Gasteiger partial charge in [-0.1, -0.05) is 12.1 Å². The number of amides is 1. The molecule has 0 fully saturated rings. The Kier molecular flexibility index (Phi) is 5.59. The van der Waals surface area contributed by atoms with E-state index in [4.69, 9.17) is 9.47 Å². The third-order valence-corrected chi connectivity index (χ3v) is 3.88. The number of carbonyl (C=O) groups excluding carboxylic acids is 1. The van der Waals surface area contributed by atoms with E-state index in [0.29, 0.717) is 12.3 Å². The molecule has 0 aliphatic heterocycles. The molecule has 0 saturated heterocycles. The first kappa shape index (κ1) is 18.3. The number of hydrogen-bond acceptors (Lipinski definition) is 5. The Labute approximate surface area is 145 Å². The van der Waals surface area contributed by atoms with Crippen LogP contribution in [0.2, 0.25) is 0 Å². The molecule has 0 aliphatic rings. The standard InChI is InChI=1S/C18H20N2O5/c1-5-25-17-9-13(15(20(22)23)10-16(17)24-4)18(21)19-14-8-6-7-11(2)12(14)3/h6-10H,5H2,1-4H3,(H,19,21). The van der Waals surface area contributed by atoms with E-state index in [1.807, 2.05) is 26.0 Å². The fraction of sp³-hybridized carbons (Fsp3) is 0.278. The average molecular weight is 344 g/mol. The van der Waals surface area contributed by atoms with Gasteiger partial charge in [-0.2, -0.15) is 0 Å². The number of carbonyl (C=O) groups is 1. The molecule has 132 valence electrons. The lowest BCUT2D eigenvalue weighted by atomic mass is 10.1. The van der Waals surface area contributed by atoms with E-state index in [-0.39, 0.29) is 22.7 Å². The quantitative estimate of drug-likeness (QED) is 0.634. The topological polar surface area (TPSA) is 90.7 Å². The molecule has 7 heteroatoms. The van der Waals surface area contributed by atoms with E-state index in [1.165, 1.54) is 19.2 Å². The van der Waals surface area contributed by atoms with Crippen molar-refractivity contribution < 1.29 is 19.2 Å². The minimum Gasteiger partial charge on any atom is -0.493 e. The van der Waals surface area contributed by atoms with Crippen LogP contribution in [0.5, 0.6) is 11.5 Å². The molecule has 0 atom stereocenters. The van der Waals surface area contributed by atoms with Crippen LogP contribution in [0.25, 0.3) is 0 Å². The van der Waals surface area contributed by atoms with Crippen molar-refractivity contribution in [2.24, 2.45) is 0 Å². The summed E-state index contributed by atoms with van der Waals surface area (Å²) in [6.07, 6.45) is 0. The zero-order valence-corrected chi connectivity index (χ0v) is 14.6. The van der Waals surface area contributed by atoms with Crippen molar-refractivity contribution in [1.29, 1.82) is 0 Å². The highest BCUT2D eigenvalue weighted by Gasteiger charge is 2.25. The number of hydrogen-bond donors (Lipinski definition) is 1. The number of anilines is 1. The Morgan fingerprint density at radius 2 is 1.96 bits per heavy atom. The number of nitro benzene ring substituents is 1. The summed E-state index contributed by atoms with van der Waals surface area (Å²) in [5, 5.41) is 14.1. The molecule has 1 N–H and O–H groups in total. The Hall–Kier alpha value is -3.09. The van der Waals surface area contributed by atoms with Crippen LogP contribution in [0.3, 0.4) is 0 Å². The van der Waals surface area contributed by atoms with E-state index < -0.39 is 10.8 Å². The van der Waals surface area contributed by atoms with Gasteiger partial charge in [0.15, 0.2) is 11.5 Å². The second kappa shape index (κ2) is 7.65. The predicted octanol–water partition coefficient (Wildman–Crippen LogP) is 3.87. The van der Waals surface area contributed by atoms with Crippen molar-refractivity contribution in [2.45, 2.75) is 20.8 Å². The summed E-state index contributed by atoms with van der Waals surface area (Å²) in [6, 6.07) is 8.02. The first-order valence-corrected chi connectivity index (χ1v) is 7.75. The summed E-state index contributed by atoms with van der Waals surface area (Å²) in [4.78, 5) is 23.4. The molecule has 25 heavy (non-hydrogen) atoms. The maximum atomic E-state index is 12.6. The maximum absolute atomic E-state index is 12.6. The smallest absolute Gasteiger partial charge is 0.286 e. The molecule has 2 rings (SSSR count). The highest BCUT2D eigenvalue weighted by atomic mass is 16.6. The summed E-state index contributed by atoms with van der Waals surface area (Å²) in [5.74, 6) is -0.0949. The molecular formula is C18H20N2O5. The van der Waals surface area contributed by atoms with Gasteiger partial charge in [-0.25, -0.2) is 0 Å². The molecule has 0 saturated carbocycles. The molecule has 2 aromatic rings. The lowest BCUT2D eigenvalue weighted by molar-refractivity contribution is -0.385. The largest absolute Gasteiger partial charge is 0.493 e. The van der Waals surface area contributed by atoms with Gasteiger partial charge in [0.1, 0.15) is 5.56 Å². The van der Waals surface area contributed by atoms with E-state index in [0.717, 1.165) is 11.1 Å². The van der Waals surface area contributed by atoms with Crippen LogP contribution in [0, 0.1) is 24.0 Å². The third kappa shape index (κ3) is 3.88. The Morgan fingerprint density at radius 3 is 2.56 bits per heavy atom. The summed E-state index contributed by atoms with van der Waals surface area (Å²) in [7, 11) is 1.39. The van der Waals surface area contributed by atoms with Gasteiger partial charge < -0.3 is 14.8 Å². The lowest BCUT2D eigenvalue weighted by Gasteiger charge is -2.13. The van der Waals surface area contributed by atoms with Crippen molar-refractivity contribution in [3.63, 3.8) is 0 Å². The first-order valence-electron chi connectivity index (χ1n) is 7.75. The van der Waals surface area contributed by atoms with Crippen molar-refractivity contribution in [1.82, 2.24) is 0 Å². The fourth-order valence-corrected chi connectivity index (χ4v) is 2.39. The minimum atomic E-state index is -0.615. The second-order valence-electron chi connectivity index (χ2n) is 5.41. The Bertz CT molecular complexity index is 817. The predicted molar refractivity (Wildman–Crippen MR) is 94.7 cm³/mol. The average Bonchev–Trinajstić information content (AvgIpc) is 2.58. The number of aryl methyl sites for hydroxylation is 1. The number of methoxy groups -OCH3 is 1. The van der Waals surface area contributed by atoms with Gasteiger partial charge in [-0.05, 0) is 38.0 Å². The van der Waals surface area contributed by atoms with Crippen LogP contribution in [0.15, 0.2) is 30.3 Å². The van der Waals surface area contributed by atoms with Gasteiger partial charge in [0.2, 0.25) is 0 Å². The van der Waals surface area contributed by atoms with E-state index in [2.05, 4.69) is 5.32 Å². The highest BCUT2D eigenvalue weighted by molar-refractivity contribution is 6.08. The molecule has 0 aromatic heterocycles. The number of nitro groups is 1. The van der Waals surface area contributed by atoms with Crippen LogP contribution in [0.4, 0.5) is 11.4 Å². The van der Waals surface area contributed by atoms with E-state index in [9.17, 15) is 14.9 Å². The van der Waals surface area contributed by atoms with E-state index >= 15 is 0 Å². The zero-order chi connectivity index (χ0) is 18.6. The maximum Gasteiger partial charge on any atom is 0.286 e. The third-order valence-electron chi connectivity index (χ3n) is 3.88. The normalized spacial score (nSPS) is 10.2. The summed E-state index contributed by atoms with van der Waals surface area (Å²) in [6.45, 7) is 5.91. The van der Waals surface area contributed by atoms with Gasteiger partial charge in [0, 0.05) is 11.8 Å². The van der Waals surface area contributed by atoms with Crippen LogP contribution in [-0.2, 0) is 0 Å². The van der Waals surface area contributed by atoms with Crippen molar-refractivity contribution in [2.75, 3.05) is 19.0 Å². The van der Waals surface area contributed by atoms with Crippen LogP contribution in [-0.4, -0.2) is 24.5 Å². The summed E-state index contributed by atoms with van der Waals surface area (Å²) in [5.41, 5.74) is 2.08. The molecule has 0 heterocycles. The Morgan fingerprint density at radius 1 is 1.24 bits per heavy atom. The summed E-state index contributed by atoms with van der Waals surface area (Å²) < 4.78 is 10.5. The molecule has 0 unspecified atom stereocenters. The van der Waals surface area contributed by atoms with E-state index in [1.54, 1.807) is 13.0 Å². The van der Waals surface area contributed by atoms with Gasteiger partial charge in [0.05, 0.1) is 24.7 Å².